The topological polar surface area (TPSA) is 9.23 Å². The fourth-order valence-corrected chi connectivity index (χ4v) is 1.62. The molecule has 0 heterocycles. The second kappa shape index (κ2) is 3.56. The van der Waals surface area contributed by atoms with Gasteiger partial charge >= 0.3 is 6.61 Å². The molecule has 1 aromatic rings. The number of alkyl halides is 2. The van der Waals surface area contributed by atoms with E-state index in [2.05, 4.69) is 11.7 Å². The maximum atomic E-state index is 12.1. The Morgan fingerprint density at radius 1 is 1.36 bits per heavy atom. The molecule has 1 nitrogen and oxygen atoms in total. The minimum Gasteiger partial charge on any atom is -0.435 e. The van der Waals surface area contributed by atoms with Crippen LogP contribution >= 0.6 is 0 Å². The van der Waals surface area contributed by atoms with Gasteiger partial charge in [-0.05, 0) is 37.3 Å². The number of rotatable bonds is 3. The molecule has 1 fully saturated rings. The SMILES string of the molecule is [CH2]c1cccc(OC(F)F)c1C1CC1. The summed E-state index contributed by atoms with van der Waals surface area (Å²) in [4.78, 5) is 0. The Labute approximate surface area is 81.7 Å². The average molecular weight is 197 g/mol. The molecule has 0 aromatic heterocycles. The highest BCUT2D eigenvalue weighted by molar-refractivity contribution is 5.46. The first-order valence-electron chi connectivity index (χ1n) is 4.58. The largest absolute Gasteiger partial charge is 0.435 e. The van der Waals surface area contributed by atoms with Crippen LogP contribution in [0, 0.1) is 6.92 Å². The van der Waals surface area contributed by atoms with Crippen molar-refractivity contribution in [2.75, 3.05) is 0 Å². The summed E-state index contributed by atoms with van der Waals surface area (Å²) in [5, 5.41) is 0. The Kier molecular flexibility index (Phi) is 2.40. The van der Waals surface area contributed by atoms with Gasteiger partial charge in [-0.2, -0.15) is 8.78 Å². The number of hydrogen-bond acceptors (Lipinski definition) is 1. The molecule has 14 heavy (non-hydrogen) atoms. The molecule has 2 rings (SSSR count). The van der Waals surface area contributed by atoms with Crippen LogP contribution in [0.1, 0.15) is 29.9 Å². The van der Waals surface area contributed by atoms with E-state index in [0.29, 0.717) is 5.92 Å². The zero-order valence-electron chi connectivity index (χ0n) is 7.67. The highest BCUT2D eigenvalue weighted by Crippen LogP contribution is 2.46. The van der Waals surface area contributed by atoms with Crippen molar-refractivity contribution in [2.24, 2.45) is 0 Å². The molecule has 1 saturated carbocycles. The van der Waals surface area contributed by atoms with Crippen molar-refractivity contribution in [2.45, 2.75) is 25.4 Å². The molecule has 0 saturated heterocycles. The van der Waals surface area contributed by atoms with Crippen molar-refractivity contribution in [3.05, 3.63) is 36.2 Å². The third-order valence-corrected chi connectivity index (χ3v) is 2.36. The second-order valence-corrected chi connectivity index (χ2v) is 3.48. The Morgan fingerprint density at radius 2 is 2.07 bits per heavy atom. The lowest BCUT2D eigenvalue weighted by molar-refractivity contribution is -0.0504. The predicted molar refractivity (Wildman–Crippen MR) is 49.5 cm³/mol. The number of hydrogen-bond donors (Lipinski definition) is 0. The third kappa shape index (κ3) is 1.86. The molecular weight excluding hydrogens is 186 g/mol. The van der Waals surface area contributed by atoms with Crippen LogP contribution in [0.15, 0.2) is 18.2 Å². The first kappa shape index (κ1) is 9.44. The van der Waals surface area contributed by atoms with Gasteiger partial charge in [-0.25, -0.2) is 0 Å². The summed E-state index contributed by atoms with van der Waals surface area (Å²) in [5.74, 6) is 0.660. The quantitative estimate of drug-likeness (QED) is 0.722. The molecule has 0 atom stereocenters. The molecule has 1 radical (unpaired) electrons. The van der Waals surface area contributed by atoms with Crippen molar-refractivity contribution in [1.29, 1.82) is 0 Å². The van der Waals surface area contributed by atoms with Gasteiger partial charge in [0.1, 0.15) is 5.75 Å². The fraction of sp³-hybridized carbons (Fsp3) is 0.364. The van der Waals surface area contributed by atoms with Gasteiger partial charge in [0.15, 0.2) is 0 Å². The van der Waals surface area contributed by atoms with Crippen molar-refractivity contribution in [1.82, 2.24) is 0 Å². The van der Waals surface area contributed by atoms with E-state index in [-0.39, 0.29) is 5.75 Å². The average Bonchev–Trinajstić information content (AvgIpc) is 2.86. The van der Waals surface area contributed by atoms with Gasteiger partial charge < -0.3 is 4.74 Å². The maximum Gasteiger partial charge on any atom is 0.387 e. The lowest BCUT2D eigenvalue weighted by atomic mass is 10.0. The van der Waals surface area contributed by atoms with Crippen LogP contribution in [0.25, 0.3) is 0 Å². The molecule has 0 amide bonds. The predicted octanol–water partition coefficient (Wildman–Crippen LogP) is 3.35. The minimum absolute atomic E-state index is 0.287. The van der Waals surface area contributed by atoms with Crippen LogP contribution in [0.3, 0.4) is 0 Å². The van der Waals surface area contributed by atoms with Crippen LogP contribution in [0.5, 0.6) is 5.75 Å². The highest BCUT2D eigenvalue weighted by Gasteiger charge is 2.28. The Hall–Kier alpha value is -1.12. The van der Waals surface area contributed by atoms with Crippen LogP contribution in [-0.4, -0.2) is 6.61 Å². The summed E-state index contributed by atoms with van der Waals surface area (Å²) in [7, 11) is 0. The Balaban J connectivity index is 2.32. The highest BCUT2D eigenvalue weighted by atomic mass is 19.3. The van der Waals surface area contributed by atoms with Gasteiger partial charge in [-0.1, -0.05) is 12.1 Å². The zero-order valence-corrected chi connectivity index (χ0v) is 7.67. The second-order valence-electron chi connectivity index (χ2n) is 3.48. The summed E-state index contributed by atoms with van der Waals surface area (Å²) in [6.45, 7) is 1.07. The molecule has 0 bridgehead atoms. The van der Waals surface area contributed by atoms with Gasteiger partial charge in [0.25, 0.3) is 0 Å². The number of benzene rings is 1. The van der Waals surface area contributed by atoms with Crippen LogP contribution in [-0.2, 0) is 0 Å². The molecule has 1 aliphatic carbocycles. The van der Waals surface area contributed by atoms with Crippen LogP contribution in [0.2, 0.25) is 0 Å². The molecule has 75 valence electrons. The normalized spacial score (nSPS) is 16.0. The van der Waals surface area contributed by atoms with Crippen LogP contribution < -0.4 is 4.74 Å². The van der Waals surface area contributed by atoms with Crippen molar-refractivity contribution < 1.29 is 13.5 Å². The summed E-state index contributed by atoms with van der Waals surface area (Å²) in [5.41, 5.74) is 1.65. The van der Waals surface area contributed by atoms with Gasteiger partial charge in [0, 0.05) is 5.56 Å². The Bertz CT molecular complexity index is 332. The molecule has 0 N–H and O–H groups in total. The van der Waals surface area contributed by atoms with E-state index in [9.17, 15) is 8.78 Å². The van der Waals surface area contributed by atoms with Gasteiger partial charge in [0.2, 0.25) is 0 Å². The zero-order chi connectivity index (χ0) is 10.1. The van der Waals surface area contributed by atoms with Gasteiger partial charge in [0.05, 0.1) is 0 Å². The Morgan fingerprint density at radius 3 is 2.64 bits per heavy atom. The van der Waals surface area contributed by atoms with E-state index in [1.807, 2.05) is 6.07 Å². The number of halogens is 2. The lowest BCUT2D eigenvalue weighted by Gasteiger charge is -2.12. The summed E-state index contributed by atoms with van der Waals surface area (Å²) < 4.78 is 28.6. The molecule has 0 aliphatic heterocycles. The molecule has 1 aliphatic rings. The molecule has 3 heteroatoms. The lowest BCUT2D eigenvalue weighted by Crippen LogP contribution is -2.04. The minimum atomic E-state index is -2.76. The van der Waals surface area contributed by atoms with E-state index >= 15 is 0 Å². The smallest absolute Gasteiger partial charge is 0.387 e. The third-order valence-electron chi connectivity index (χ3n) is 2.36. The van der Waals surface area contributed by atoms with E-state index < -0.39 is 6.61 Å². The summed E-state index contributed by atoms with van der Waals surface area (Å²) in [6.07, 6.45) is 2.10. The first-order valence-corrected chi connectivity index (χ1v) is 4.58. The monoisotopic (exact) mass is 197 g/mol. The summed E-state index contributed by atoms with van der Waals surface area (Å²) in [6, 6.07) is 5.09. The molecular formula is C11H11F2O. The van der Waals surface area contributed by atoms with Gasteiger partial charge in [-0.3, -0.25) is 0 Å². The van der Waals surface area contributed by atoms with E-state index in [0.717, 1.165) is 24.0 Å². The van der Waals surface area contributed by atoms with Crippen LogP contribution in [0.4, 0.5) is 8.78 Å². The molecule has 0 unspecified atom stereocenters. The van der Waals surface area contributed by atoms with Gasteiger partial charge in [-0.15, -0.1) is 0 Å². The fourth-order valence-electron chi connectivity index (χ4n) is 1.62. The van der Waals surface area contributed by atoms with Crippen molar-refractivity contribution in [3.8, 4) is 5.75 Å². The van der Waals surface area contributed by atoms with E-state index in [1.54, 1.807) is 12.1 Å². The first-order chi connectivity index (χ1) is 6.68. The number of ether oxygens (including phenoxy) is 1. The van der Waals surface area contributed by atoms with Crippen molar-refractivity contribution >= 4 is 0 Å². The standard InChI is InChI=1S/C11H11F2O/c1-7-3-2-4-9(14-11(12)13)10(7)8-5-6-8/h2-4,8,11H,1,5-6H2. The van der Waals surface area contributed by atoms with E-state index in [1.165, 1.54) is 0 Å². The summed E-state index contributed by atoms with van der Waals surface area (Å²) >= 11 is 0. The molecule has 1 aromatic carbocycles. The van der Waals surface area contributed by atoms with E-state index in [4.69, 9.17) is 0 Å². The molecule has 0 spiro atoms. The van der Waals surface area contributed by atoms with Crippen molar-refractivity contribution in [3.63, 3.8) is 0 Å². The maximum absolute atomic E-state index is 12.1.